The standard InChI is InChI=1S/C11H20N4O2S/c1-3-15-6-4-10(5-7-15)14-18(16,17)11-8-12-9(2)13-11/h8,10,14H,3-7H2,1-2H3,(H,12,13). The fourth-order valence-electron chi connectivity index (χ4n) is 2.18. The molecule has 1 aromatic heterocycles. The molecular weight excluding hydrogens is 252 g/mol. The molecule has 2 N–H and O–H groups in total. The van der Waals surface area contributed by atoms with Gasteiger partial charge < -0.3 is 9.88 Å². The lowest BCUT2D eigenvalue weighted by atomic mass is 10.1. The number of aromatic nitrogens is 2. The molecule has 1 aliphatic rings. The minimum atomic E-state index is -3.45. The summed E-state index contributed by atoms with van der Waals surface area (Å²) in [6, 6.07) is 0.0291. The van der Waals surface area contributed by atoms with Crippen LogP contribution in [0.5, 0.6) is 0 Å². The lowest BCUT2D eigenvalue weighted by Gasteiger charge is -2.31. The molecule has 1 saturated heterocycles. The number of likely N-dealkylation sites (tertiary alicyclic amines) is 1. The summed E-state index contributed by atoms with van der Waals surface area (Å²) in [5.74, 6) is 0.608. The first kappa shape index (κ1) is 13.5. The molecule has 2 heterocycles. The van der Waals surface area contributed by atoms with Crippen molar-refractivity contribution in [2.24, 2.45) is 0 Å². The second kappa shape index (κ2) is 5.38. The van der Waals surface area contributed by atoms with E-state index < -0.39 is 10.0 Å². The monoisotopic (exact) mass is 272 g/mol. The highest BCUT2D eigenvalue weighted by Crippen LogP contribution is 2.13. The van der Waals surface area contributed by atoms with Gasteiger partial charge in [0.25, 0.3) is 10.0 Å². The Morgan fingerprint density at radius 1 is 1.50 bits per heavy atom. The number of sulfonamides is 1. The maximum absolute atomic E-state index is 12.1. The van der Waals surface area contributed by atoms with Crippen LogP contribution in [-0.2, 0) is 10.0 Å². The number of hydrogen-bond acceptors (Lipinski definition) is 4. The van der Waals surface area contributed by atoms with Crippen LogP contribution < -0.4 is 4.72 Å². The normalized spacial score (nSPS) is 19.2. The molecule has 0 atom stereocenters. The van der Waals surface area contributed by atoms with Crippen LogP contribution in [0.4, 0.5) is 0 Å². The van der Waals surface area contributed by atoms with Crippen LogP contribution in [0.25, 0.3) is 0 Å². The molecule has 1 aliphatic heterocycles. The van der Waals surface area contributed by atoms with E-state index in [0.29, 0.717) is 5.82 Å². The number of rotatable bonds is 4. The highest BCUT2D eigenvalue weighted by atomic mass is 32.2. The first-order valence-electron chi connectivity index (χ1n) is 6.27. The fraction of sp³-hybridized carbons (Fsp3) is 0.727. The van der Waals surface area contributed by atoms with E-state index in [1.54, 1.807) is 6.92 Å². The topological polar surface area (TPSA) is 78.1 Å². The minimum absolute atomic E-state index is 0.0291. The molecule has 18 heavy (non-hydrogen) atoms. The van der Waals surface area contributed by atoms with Crippen molar-refractivity contribution in [1.29, 1.82) is 0 Å². The maximum atomic E-state index is 12.1. The zero-order chi connectivity index (χ0) is 13.2. The quantitative estimate of drug-likeness (QED) is 0.835. The summed E-state index contributed by atoms with van der Waals surface area (Å²) in [5, 5.41) is 0.151. The van der Waals surface area contributed by atoms with E-state index in [1.807, 2.05) is 0 Å². The Labute approximate surface area is 108 Å². The molecule has 102 valence electrons. The molecule has 2 rings (SSSR count). The van der Waals surface area contributed by atoms with Gasteiger partial charge in [-0.25, -0.2) is 18.1 Å². The minimum Gasteiger partial charge on any atom is -0.332 e. The summed E-state index contributed by atoms with van der Waals surface area (Å²) in [6.07, 6.45) is 3.08. The van der Waals surface area contributed by atoms with E-state index >= 15 is 0 Å². The van der Waals surface area contributed by atoms with Crippen molar-refractivity contribution >= 4 is 10.0 Å². The summed E-state index contributed by atoms with van der Waals surface area (Å²) in [5.41, 5.74) is 0. The molecule has 0 bridgehead atoms. The van der Waals surface area contributed by atoms with E-state index in [4.69, 9.17) is 0 Å². The van der Waals surface area contributed by atoms with Crippen LogP contribution in [0.2, 0.25) is 0 Å². The third-order valence-electron chi connectivity index (χ3n) is 3.33. The second-order valence-electron chi connectivity index (χ2n) is 4.66. The Bertz CT molecular complexity index is 489. The molecule has 0 unspecified atom stereocenters. The van der Waals surface area contributed by atoms with Gasteiger partial charge in [0.15, 0.2) is 5.03 Å². The van der Waals surface area contributed by atoms with Crippen molar-refractivity contribution in [1.82, 2.24) is 19.6 Å². The smallest absolute Gasteiger partial charge is 0.257 e. The number of imidazole rings is 1. The maximum Gasteiger partial charge on any atom is 0.257 e. The van der Waals surface area contributed by atoms with Gasteiger partial charge in [-0.05, 0) is 39.4 Å². The van der Waals surface area contributed by atoms with Gasteiger partial charge in [-0.15, -0.1) is 0 Å². The van der Waals surface area contributed by atoms with E-state index in [1.165, 1.54) is 6.20 Å². The Hall–Kier alpha value is -0.920. The Balaban J connectivity index is 1.97. The second-order valence-corrected chi connectivity index (χ2v) is 6.35. The predicted molar refractivity (Wildman–Crippen MR) is 68.8 cm³/mol. The van der Waals surface area contributed by atoms with Crippen LogP contribution in [0.15, 0.2) is 11.2 Å². The van der Waals surface area contributed by atoms with E-state index in [2.05, 4.69) is 26.5 Å². The predicted octanol–water partition coefficient (Wildman–Crippen LogP) is 0.481. The van der Waals surface area contributed by atoms with Crippen LogP contribution >= 0.6 is 0 Å². The van der Waals surface area contributed by atoms with Crippen LogP contribution in [-0.4, -0.2) is 49.0 Å². The van der Waals surface area contributed by atoms with Gasteiger partial charge in [-0.3, -0.25) is 0 Å². The highest BCUT2D eigenvalue weighted by Gasteiger charge is 2.24. The van der Waals surface area contributed by atoms with Gasteiger partial charge in [-0.1, -0.05) is 6.92 Å². The zero-order valence-electron chi connectivity index (χ0n) is 10.8. The molecule has 0 amide bonds. The average Bonchev–Trinajstić information content (AvgIpc) is 2.77. The zero-order valence-corrected chi connectivity index (χ0v) is 11.6. The third kappa shape index (κ3) is 3.09. The third-order valence-corrected chi connectivity index (χ3v) is 4.76. The number of nitrogens with one attached hydrogen (secondary N) is 2. The molecule has 0 spiro atoms. The molecule has 1 fully saturated rings. The molecule has 0 radical (unpaired) electrons. The number of hydrogen-bond donors (Lipinski definition) is 2. The summed E-state index contributed by atoms with van der Waals surface area (Å²) >= 11 is 0. The van der Waals surface area contributed by atoms with E-state index in [9.17, 15) is 8.42 Å². The number of aromatic amines is 1. The van der Waals surface area contributed by atoms with Gasteiger partial charge in [0.2, 0.25) is 0 Å². The molecule has 0 aliphatic carbocycles. The molecule has 1 aromatic rings. The lowest BCUT2D eigenvalue weighted by molar-refractivity contribution is 0.217. The first-order chi connectivity index (χ1) is 8.51. The van der Waals surface area contributed by atoms with Crippen molar-refractivity contribution in [2.45, 2.75) is 37.8 Å². The Morgan fingerprint density at radius 3 is 2.67 bits per heavy atom. The van der Waals surface area contributed by atoms with Crippen molar-refractivity contribution in [3.05, 3.63) is 12.0 Å². The summed E-state index contributed by atoms with van der Waals surface area (Å²) in [7, 11) is -3.45. The van der Waals surface area contributed by atoms with Gasteiger partial charge in [-0.2, -0.15) is 0 Å². The lowest BCUT2D eigenvalue weighted by Crippen LogP contribution is -2.44. The Kier molecular flexibility index (Phi) is 4.04. The van der Waals surface area contributed by atoms with Gasteiger partial charge >= 0.3 is 0 Å². The van der Waals surface area contributed by atoms with Crippen LogP contribution in [0.1, 0.15) is 25.6 Å². The largest absolute Gasteiger partial charge is 0.332 e. The van der Waals surface area contributed by atoms with E-state index in [-0.39, 0.29) is 11.1 Å². The van der Waals surface area contributed by atoms with Crippen LogP contribution in [0.3, 0.4) is 0 Å². The first-order valence-corrected chi connectivity index (χ1v) is 7.76. The summed E-state index contributed by atoms with van der Waals surface area (Å²) < 4.78 is 26.9. The van der Waals surface area contributed by atoms with Crippen molar-refractivity contribution in [2.75, 3.05) is 19.6 Å². The molecule has 7 heteroatoms. The summed E-state index contributed by atoms with van der Waals surface area (Å²) in [4.78, 5) is 9.00. The fourth-order valence-corrected chi connectivity index (χ4v) is 3.46. The number of H-pyrrole nitrogens is 1. The van der Waals surface area contributed by atoms with E-state index in [0.717, 1.165) is 32.5 Å². The van der Waals surface area contributed by atoms with Gasteiger partial charge in [0.1, 0.15) is 5.82 Å². The SMILES string of the molecule is CCN1CCC(NS(=O)(=O)c2cnc(C)[nH]2)CC1. The van der Waals surface area contributed by atoms with Crippen molar-refractivity contribution < 1.29 is 8.42 Å². The van der Waals surface area contributed by atoms with Crippen molar-refractivity contribution in [3.8, 4) is 0 Å². The molecule has 6 nitrogen and oxygen atoms in total. The highest BCUT2D eigenvalue weighted by molar-refractivity contribution is 7.89. The van der Waals surface area contributed by atoms with Crippen LogP contribution in [0, 0.1) is 6.92 Å². The Morgan fingerprint density at radius 2 is 2.17 bits per heavy atom. The van der Waals surface area contributed by atoms with Crippen molar-refractivity contribution in [3.63, 3.8) is 0 Å². The van der Waals surface area contributed by atoms with Gasteiger partial charge in [0, 0.05) is 6.04 Å². The number of nitrogens with zero attached hydrogens (tertiary/aromatic N) is 2. The number of aryl methyl sites for hydroxylation is 1. The molecule has 0 aromatic carbocycles. The van der Waals surface area contributed by atoms with Gasteiger partial charge in [0.05, 0.1) is 6.20 Å². The number of piperidine rings is 1. The molecular formula is C11H20N4O2S. The average molecular weight is 272 g/mol. The summed E-state index contributed by atoms with van der Waals surface area (Å²) in [6.45, 7) is 6.78. The molecule has 0 saturated carbocycles.